The summed E-state index contributed by atoms with van der Waals surface area (Å²) in [5.74, 6) is 0.201. The van der Waals surface area contributed by atoms with Crippen molar-refractivity contribution < 1.29 is 18.0 Å². The molecule has 2 rings (SSSR count). The van der Waals surface area contributed by atoms with E-state index in [0.717, 1.165) is 17.0 Å². The lowest BCUT2D eigenvalue weighted by Crippen LogP contribution is -2.12. The first-order valence-electron chi connectivity index (χ1n) is 5.62. The van der Waals surface area contributed by atoms with Crippen molar-refractivity contribution in [3.05, 3.63) is 57.8 Å². The summed E-state index contributed by atoms with van der Waals surface area (Å²) in [6.07, 6.45) is -4.37. The molecule has 0 fully saturated rings. The number of nitrogens with zero attached hydrogens (tertiary/aromatic N) is 1. The summed E-state index contributed by atoms with van der Waals surface area (Å²) in [4.78, 5) is 5.72. The van der Waals surface area contributed by atoms with Gasteiger partial charge >= 0.3 is 6.18 Å². The molecule has 0 aliphatic heterocycles. The van der Waals surface area contributed by atoms with Gasteiger partial charge in [-0.2, -0.15) is 13.2 Å². The highest BCUT2D eigenvalue weighted by molar-refractivity contribution is 7.12. The predicted molar refractivity (Wildman–Crippen MR) is 71.3 cm³/mol. The molecule has 0 saturated carbocycles. The monoisotopic (exact) mass is 300 g/mol. The van der Waals surface area contributed by atoms with Crippen molar-refractivity contribution in [2.45, 2.75) is 12.8 Å². The number of hydrogen-bond donors (Lipinski definition) is 1. The summed E-state index contributed by atoms with van der Waals surface area (Å²) >= 11 is 1.40. The normalized spacial score (nSPS) is 12.4. The number of alkyl halides is 3. The van der Waals surface area contributed by atoms with Gasteiger partial charge in [0, 0.05) is 0 Å². The third-order valence-electron chi connectivity index (χ3n) is 2.42. The van der Waals surface area contributed by atoms with Gasteiger partial charge in [-0.05, 0) is 29.1 Å². The second kappa shape index (κ2) is 5.96. The molecule has 0 spiro atoms. The first-order valence-corrected chi connectivity index (χ1v) is 6.50. The van der Waals surface area contributed by atoms with Crippen LogP contribution in [0, 0.1) is 0 Å². The minimum absolute atomic E-state index is 0.0734. The lowest BCUT2D eigenvalue weighted by atomic mass is 10.1. The van der Waals surface area contributed by atoms with Crippen LogP contribution in [0.3, 0.4) is 0 Å². The number of halogens is 3. The number of rotatable bonds is 4. The molecule has 0 unspecified atom stereocenters. The van der Waals surface area contributed by atoms with Gasteiger partial charge in [0.05, 0.1) is 10.4 Å². The number of amidine groups is 1. The first kappa shape index (κ1) is 14.4. The Kier molecular flexibility index (Phi) is 4.29. The van der Waals surface area contributed by atoms with Gasteiger partial charge in [-0.15, -0.1) is 11.3 Å². The van der Waals surface area contributed by atoms with Gasteiger partial charge < -0.3 is 10.6 Å². The zero-order chi connectivity index (χ0) is 14.6. The van der Waals surface area contributed by atoms with E-state index in [0.29, 0.717) is 5.56 Å². The van der Waals surface area contributed by atoms with Crippen molar-refractivity contribution in [3.63, 3.8) is 0 Å². The Hall–Kier alpha value is -2.02. The number of benzene rings is 1. The molecule has 0 atom stereocenters. The maximum Gasteiger partial charge on any atom is 0.416 e. The summed E-state index contributed by atoms with van der Waals surface area (Å²) in [6, 6.07) is 8.48. The summed E-state index contributed by atoms with van der Waals surface area (Å²) < 4.78 is 37.6. The summed E-state index contributed by atoms with van der Waals surface area (Å²) in [5, 5.41) is 5.52. The average molecular weight is 300 g/mol. The number of oxime groups is 1. The molecule has 1 heterocycles. The lowest BCUT2D eigenvalue weighted by Gasteiger charge is -2.08. The highest BCUT2D eigenvalue weighted by Crippen LogP contribution is 2.29. The van der Waals surface area contributed by atoms with E-state index < -0.39 is 11.7 Å². The fourth-order valence-electron chi connectivity index (χ4n) is 1.48. The van der Waals surface area contributed by atoms with Crippen molar-refractivity contribution >= 4 is 17.2 Å². The fourth-order valence-corrected chi connectivity index (χ4v) is 2.10. The Morgan fingerprint density at radius 2 is 2.05 bits per heavy atom. The SMILES string of the molecule is N/C(=N\OCc1cccc(C(F)(F)F)c1)c1cccs1. The smallest absolute Gasteiger partial charge is 0.389 e. The second-order valence-corrected chi connectivity index (χ2v) is 4.87. The minimum atomic E-state index is -4.37. The van der Waals surface area contributed by atoms with Crippen molar-refractivity contribution in [2.24, 2.45) is 10.9 Å². The summed E-state index contributed by atoms with van der Waals surface area (Å²) in [6.45, 7) is -0.0734. The maximum atomic E-state index is 12.5. The van der Waals surface area contributed by atoms with Crippen LogP contribution in [-0.2, 0) is 17.6 Å². The van der Waals surface area contributed by atoms with Crippen LogP contribution in [0.5, 0.6) is 0 Å². The van der Waals surface area contributed by atoms with Gasteiger partial charge in [0.2, 0.25) is 0 Å². The Morgan fingerprint density at radius 3 is 2.70 bits per heavy atom. The molecule has 20 heavy (non-hydrogen) atoms. The minimum Gasteiger partial charge on any atom is -0.389 e. The van der Waals surface area contributed by atoms with E-state index in [1.54, 1.807) is 6.07 Å². The van der Waals surface area contributed by atoms with E-state index in [4.69, 9.17) is 10.6 Å². The third kappa shape index (κ3) is 3.74. The first-order chi connectivity index (χ1) is 9.47. The van der Waals surface area contributed by atoms with E-state index >= 15 is 0 Å². The van der Waals surface area contributed by atoms with E-state index in [9.17, 15) is 13.2 Å². The quantitative estimate of drug-likeness (QED) is 0.533. The Bertz CT molecular complexity index is 594. The van der Waals surface area contributed by atoms with Gasteiger partial charge in [-0.1, -0.05) is 23.4 Å². The van der Waals surface area contributed by atoms with E-state index in [1.165, 1.54) is 23.5 Å². The van der Waals surface area contributed by atoms with Crippen LogP contribution in [0.4, 0.5) is 13.2 Å². The highest BCUT2D eigenvalue weighted by atomic mass is 32.1. The van der Waals surface area contributed by atoms with Gasteiger partial charge in [-0.3, -0.25) is 0 Å². The fraction of sp³-hybridized carbons (Fsp3) is 0.154. The Morgan fingerprint density at radius 1 is 1.25 bits per heavy atom. The van der Waals surface area contributed by atoms with E-state index in [1.807, 2.05) is 11.4 Å². The van der Waals surface area contributed by atoms with Crippen molar-refractivity contribution in [2.75, 3.05) is 0 Å². The molecule has 1 aromatic carbocycles. The molecule has 0 aliphatic rings. The number of thiophene rings is 1. The van der Waals surface area contributed by atoms with Crippen LogP contribution in [0.1, 0.15) is 16.0 Å². The zero-order valence-corrected chi connectivity index (χ0v) is 11.0. The molecule has 0 bridgehead atoms. The van der Waals surface area contributed by atoms with Crippen LogP contribution < -0.4 is 5.73 Å². The van der Waals surface area contributed by atoms with Crippen molar-refractivity contribution in [1.82, 2.24) is 0 Å². The largest absolute Gasteiger partial charge is 0.416 e. The van der Waals surface area contributed by atoms with Crippen molar-refractivity contribution in [1.29, 1.82) is 0 Å². The van der Waals surface area contributed by atoms with Gasteiger partial charge in [0.15, 0.2) is 5.84 Å². The molecular weight excluding hydrogens is 289 g/mol. The highest BCUT2D eigenvalue weighted by Gasteiger charge is 2.30. The van der Waals surface area contributed by atoms with Crippen molar-refractivity contribution in [3.8, 4) is 0 Å². The van der Waals surface area contributed by atoms with Crippen LogP contribution >= 0.6 is 11.3 Å². The van der Waals surface area contributed by atoms with E-state index in [2.05, 4.69) is 5.16 Å². The van der Waals surface area contributed by atoms with E-state index in [-0.39, 0.29) is 12.4 Å². The van der Waals surface area contributed by atoms with Crippen LogP contribution in [0.2, 0.25) is 0 Å². The van der Waals surface area contributed by atoms with Gasteiger partial charge in [-0.25, -0.2) is 0 Å². The van der Waals surface area contributed by atoms with Gasteiger partial charge in [0.25, 0.3) is 0 Å². The van der Waals surface area contributed by atoms with Gasteiger partial charge in [0.1, 0.15) is 6.61 Å². The topological polar surface area (TPSA) is 47.6 Å². The Labute approximate surface area is 117 Å². The number of hydrogen-bond acceptors (Lipinski definition) is 3. The second-order valence-electron chi connectivity index (χ2n) is 3.93. The molecule has 2 N–H and O–H groups in total. The Balaban J connectivity index is 2.00. The molecule has 0 saturated heterocycles. The van der Waals surface area contributed by atoms with Crippen LogP contribution in [-0.4, -0.2) is 5.84 Å². The average Bonchev–Trinajstić information content (AvgIpc) is 2.92. The third-order valence-corrected chi connectivity index (χ3v) is 3.31. The lowest BCUT2D eigenvalue weighted by molar-refractivity contribution is -0.137. The zero-order valence-electron chi connectivity index (χ0n) is 10.2. The molecule has 2 aromatic rings. The molecule has 0 amide bonds. The summed E-state index contributed by atoms with van der Waals surface area (Å²) in [5.41, 5.74) is 5.32. The molecule has 106 valence electrons. The molecule has 0 radical (unpaired) electrons. The molecular formula is C13H11F3N2OS. The summed E-state index contributed by atoms with van der Waals surface area (Å²) in [7, 11) is 0. The maximum absolute atomic E-state index is 12.5. The number of nitrogens with two attached hydrogens (primary N) is 1. The molecule has 0 aliphatic carbocycles. The van der Waals surface area contributed by atoms with Crippen LogP contribution in [0.25, 0.3) is 0 Å². The molecule has 1 aromatic heterocycles. The predicted octanol–water partition coefficient (Wildman–Crippen LogP) is 3.60. The molecule has 3 nitrogen and oxygen atoms in total. The van der Waals surface area contributed by atoms with Crippen LogP contribution in [0.15, 0.2) is 46.9 Å². The molecule has 7 heteroatoms. The standard InChI is InChI=1S/C13H11F3N2OS/c14-13(15,16)10-4-1-3-9(7-10)8-19-18-12(17)11-5-2-6-20-11/h1-7H,8H2,(H2,17,18).